The third-order valence-electron chi connectivity index (χ3n) is 3.60. The number of hydrogen-bond acceptors (Lipinski definition) is 3. The Labute approximate surface area is 103 Å². The second-order valence-corrected chi connectivity index (χ2v) is 4.70. The van der Waals surface area contributed by atoms with Crippen LogP contribution in [0.15, 0.2) is 6.20 Å². The minimum Gasteiger partial charge on any atom is -0.381 e. The first-order valence-corrected chi connectivity index (χ1v) is 6.59. The molecule has 0 aromatic carbocycles. The van der Waals surface area contributed by atoms with Gasteiger partial charge in [-0.1, -0.05) is 6.92 Å². The molecule has 4 heteroatoms. The van der Waals surface area contributed by atoms with Crippen molar-refractivity contribution < 1.29 is 4.74 Å². The Hall–Kier alpha value is -0.870. The van der Waals surface area contributed by atoms with E-state index in [9.17, 15) is 0 Å². The zero-order valence-electron chi connectivity index (χ0n) is 11.1. The molecular weight excluding hydrogens is 214 g/mol. The van der Waals surface area contributed by atoms with Crippen LogP contribution in [0, 0.1) is 0 Å². The van der Waals surface area contributed by atoms with Crippen molar-refractivity contribution in [3.8, 4) is 0 Å². The summed E-state index contributed by atoms with van der Waals surface area (Å²) >= 11 is 0. The molecule has 1 aliphatic heterocycles. The van der Waals surface area contributed by atoms with Crippen LogP contribution in [0.3, 0.4) is 0 Å². The predicted molar refractivity (Wildman–Crippen MR) is 68.2 cm³/mol. The van der Waals surface area contributed by atoms with Crippen molar-refractivity contribution in [2.24, 2.45) is 0 Å². The highest BCUT2D eigenvalue weighted by atomic mass is 16.5. The van der Waals surface area contributed by atoms with Gasteiger partial charge in [-0.3, -0.25) is 0 Å². The molecule has 1 unspecified atom stereocenters. The summed E-state index contributed by atoms with van der Waals surface area (Å²) in [5.41, 5.74) is 1.15. The van der Waals surface area contributed by atoms with Crippen molar-refractivity contribution >= 4 is 0 Å². The van der Waals surface area contributed by atoms with E-state index in [2.05, 4.69) is 29.9 Å². The topological polar surface area (TPSA) is 39.1 Å². The standard InChI is InChI=1S/C13H23N3O/c1-4-13-15-12(10(2)14-3)9-16(13)11-5-7-17-8-6-11/h9-11,14H,4-8H2,1-3H3. The minimum absolute atomic E-state index is 0.321. The number of aromatic nitrogens is 2. The molecule has 1 aromatic heterocycles. The molecule has 1 aromatic rings. The monoisotopic (exact) mass is 237 g/mol. The van der Waals surface area contributed by atoms with E-state index in [1.807, 2.05) is 7.05 Å². The van der Waals surface area contributed by atoms with Gasteiger partial charge in [-0.15, -0.1) is 0 Å². The lowest BCUT2D eigenvalue weighted by Crippen LogP contribution is -2.20. The van der Waals surface area contributed by atoms with Crippen molar-refractivity contribution in [3.05, 3.63) is 17.7 Å². The van der Waals surface area contributed by atoms with Gasteiger partial charge in [0.15, 0.2) is 0 Å². The zero-order chi connectivity index (χ0) is 12.3. The van der Waals surface area contributed by atoms with Crippen LogP contribution < -0.4 is 5.32 Å². The van der Waals surface area contributed by atoms with Gasteiger partial charge in [-0.2, -0.15) is 0 Å². The molecule has 0 bridgehead atoms. The molecule has 96 valence electrons. The molecule has 1 aliphatic rings. The van der Waals surface area contributed by atoms with E-state index in [1.165, 1.54) is 5.82 Å². The number of hydrogen-bond donors (Lipinski definition) is 1. The van der Waals surface area contributed by atoms with Crippen LogP contribution in [0.5, 0.6) is 0 Å². The van der Waals surface area contributed by atoms with Crippen LogP contribution in [0.25, 0.3) is 0 Å². The average molecular weight is 237 g/mol. The summed E-state index contributed by atoms with van der Waals surface area (Å²) in [6, 6.07) is 0.894. The van der Waals surface area contributed by atoms with E-state index in [0.717, 1.165) is 38.2 Å². The van der Waals surface area contributed by atoms with Crippen molar-refractivity contribution in [2.75, 3.05) is 20.3 Å². The van der Waals surface area contributed by atoms with E-state index in [4.69, 9.17) is 9.72 Å². The van der Waals surface area contributed by atoms with Crippen LogP contribution in [0.4, 0.5) is 0 Å². The minimum atomic E-state index is 0.321. The highest BCUT2D eigenvalue weighted by molar-refractivity contribution is 5.09. The predicted octanol–water partition coefficient (Wildman–Crippen LogP) is 2.08. The fourth-order valence-corrected chi connectivity index (χ4v) is 2.35. The average Bonchev–Trinajstić information content (AvgIpc) is 2.83. The SMILES string of the molecule is CCc1nc(C(C)NC)cn1C1CCOCC1. The van der Waals surface area contributed by atoms with Crippen LogP contribution in [-0.2, 0) is 11.2 Å². The third kappa shape index (κ3) is 2.69. The lowest BCUT2D eigenvalue weighted by atomic mass is 10.1. The summed E-state index contributed by atoms with van der Waals surface area (Å²) in [6.45, 7) is 6.08. The summed E-state index contributed by atoms with van der Waals surface area (Å²) in [6.07, 6.45) is 5.43. The van der Waals surface area contributed by atoms with Crippen LogP contribution >= 0.6 is 0 Å². The molecule has 1 atom stereocenters. The molecule has 1 fully saturated rings. The smallest absolute Gasteiger partial charge is 0.109 e. The van der Waals surface area contributed by atoms with Gasteiger partial charge in [0.2, 0.25) is 0 Å². The van der Waals surface area contributed by atoms with Gasteiger partial charge >= 0.3 is 0 Å². The first-order chi connectivity index (χ1) is 8.26. The first-order valence-electron chi connectivity index (χ1n) is 6.59. The molecule has 1 N–H and O–H groups in total. The number of aryl methyl sites for hydroxylation is 1. The van der Waals surface area contributed by atoms with Gasteiger partial charge in [0, 0.05) is 37.9 Å². The molecule has 0 amide bonds. The summed E-state index contributed by atoms with van der Waals surface area (Å²) in [4.78, 5) is 4.73. The molecule has 17 heavy (non-hydrogen) atoms. The quantitative estimate of drug-likeness (QED) is 0.871. The normalized spacial score (nSPS) is 19.5. The van der Waals surface area contributed by atoms with Crippen molar-refractivity contribution in [3.63, 3.8) is 0 Å². The third-order valence-corrected chi connectivity index (χ3v) is 3.60. The van der Waals surface area contributed by atoms with E-state index < -0.39 is 0 Å². The maximum Gasteiger partial charge on any atom is 0.109 e. The Morgan fingerprint density at radius 3 is 2.82 bits per heavy atom. The maximum atomic E-state index is 5.42. The Balaban J connectivity index is 2.22. The second-order valence-electron chi connectivity index (χ2n) is 4.70. The van der Waals surface area contributed by atoms with E-state index in [-0.39, 0.29) is 0 Å². The first kappa shape index (κ1) is 12.6. The summed E-state index contributed by atoms with van der Waals surface area (Å²) < 4.78 is 7.79. The lowest BCUT2D eigenvalue weighted by molar-refractivity contribution is 0.0688. The molecule has 4 nitrogen and oxygen atoms in total. The van der Waals surface area contributed by atoms with Gasteiger partial charge < -0.3 is 14.6 Å². The lowest BCUT2D eigenvalue weighted by Gasteiger charge is -2.24. The Bertz CT molecular complexity index is 356. The number of ether oxygens (including phenoxy) is 1. The van der Waals surface area contributed by atoms with Gasteiger partial charge in [-0.05, 0) is 26.8 Å². The number of imidazole rings is 1. The van der Waals surface area contributed by atoms with Gasteiger partial charge in [0.25, 0.3) is 0 Å². The second kappa shape index (κ2) is 5.65. The number of nitrogens with one attached hydrogen (secondary N) is 1. The van der Waals surface area contributed by atoms with E-state index in [1.54, 1.807) is 0 Å². The maximum absolute atomic E-state index is 5.42. The molecule has 0 spiro atoms. The Kier molecular flexibility index (Phi) is 4.18. The Morgan fingerprint density at radius 2 is 2.24 bits per heavy atom. The van der Waals surface area contributed by atoms with E-state index in [0.29, 0.717) is 12.1 Å². The Morgan fingerprint density at radius 1 is 1.53 bits per heavy atom. The van der Waals surface area contributed by atoms with Crippen molar-refractivity contribution in [2.45, 2.75) is 45.2 Å². The van der Waals surface area contributed by atoms with Crippen LogP contribution in [0.2, 0.25) is 0 Å². The van der Waals surface area contributed by atoms with Crippen LogP contribution in [0.1, 0.15) is 50.3 Å². The molecule has 0 aliphatic carbocycles. The summed E-state index contributed by atoms with van der Waals surface area (Å²) in [5, 5.41) is 3.25. The highest BCUT2D eigenvalue weighted by Gasteiger charge is 2.20. The summed E-state index contributed by atoms with van der Waals surface area (Å²) in [5.74, 6) is 1.20. The molecule has 0 radical (unpaired) electrons. The van der Waals surface area contributed by atoms with Crippen molar-refractivity contribution in [1.82, 2.24) is 14.9 Å². The van der Waals surface area contributed by atoms with Gasteiger partial charge in [0.05, 0.1) is 5.69 Å². The largest absolute Gasteiger partial charge is 0.381 e. The summed E-state index contributed by atoms with van der Waals surface area (Å²) in [7, 11) is 1.98. The molecule has 2 heterocycles. The molecule has 2 rings (SSSR count). The molecular formula is C13H23N3O. The highest BCUT2D eigenvalue weighted by Crippen LogP contribution is 2.24. The van der Waals surface area contributed by atoms with Gasteiger partial charge in [0.1, 0.15) is 5.82 Å². The van der Waals surface area contributed by atoms with E-state index >= 15 is 0 Å². The zero-order valence-corrected chi connectivity index (χ0v) is 11.1. The van der Waals surface area contributed by atoms with Crippen LogP contribution in [-0.4, -0.2) is 29.8 Å². The number of nitrogens with zero attached hydrogens (tertiary/aromatic N) is 2. The number of rotatable bonds is 4. The molecule has 0 saturated carbocycles. The fourth-order valence-electron chi connectivity index (χ4n) is 2.35. The molecule has 1 saturated heterocycles. The fraction of sp³-hybridized carbons (Fsp3) is 0.769. The van der Waals surface area contributed by atoms with Crippen molar-refractivity contribution in [1.29, 1.82) is 0 Å². The van der Waals surface area contributed by atoms with Gasteiger partial charge in [-0.25, -0.2) is 4.98 Å².